The molecule has 0 bridgehead atoms. The van der Waals surface area contributed by atoms with E-state index in [1.165, 1.54) is 25.7 Å². The van der Waals surface area contributed by atoms with Gasteiger partial charge >= 0.3 is 0 Å². The Morgan fingerprint density at radius 1 is 1.09 bits per heavy atom. The van der Waals surface area contributed by atoms with E-state index in [-0.39, 0.29) is 0 Å². The molecule has 11 heavy (non-hydrogen) atoms. The SMILES string of the molecule is CCC(C)(CC)CCCCO. The standard InChI is InChI=1S/C10H22O/c1-4-10(3,5-2)8-6-7-9-11/h11H,4-9H2,1-3H3. The molecule has 1 heteroatoms. The van der Waals surface area contributed by atoms with Gasteiger partial charge in [-0.15, -0.1) is 0 Å². The Morgan fingerprint density at radius 3 is 2.00 bits per heavy atom. The molecule has 0 unspecified atom stereocenters. The molecule has 0 saturated heterocycles. The van der Waals surface area contributed by atoms with Gasteiger partial charge in [-0.05, 0) is 18.3 Å². The average molecular weight is 158 g/mol. The molecule has 1 N–H and O–H groups in total. The van der Waals surface area contributed by atoms with Crippen LogP contribution in [0.3, 0.4) is 0 Å². The zero-order chi connectivity index (χ0) is 8.74. The Bertz CT molecular complexity index is 84.9. The Morgan fingerprint density at radius 2 is 1.64 bits per heavy atom. The molecule has 0 amide bonds. The van der Waals surface area contributed by atoms with Gasteiger partial charge in [0.1, 0.15) is 0 Å². The summed E-state index contributed by atoms with van der Waals surface area (Å²) >= 11 is 0. The Labute approximate surface area is 70.8 Å². The topological polar surface area (TPSA) is 20.2 Å². The van der Waals surface area contributed by atoms with Gasteiger partial charge in [0.2, 0.25) is 0 Å². The smallest absolute Gasteiger partial charge is 0.0431 e. The van der Waals surface area contributed by atoms with Gasteiger partial charge in [-0.1, -0.05) is 40.0 Å². The van der Waals surface area contributed by atoms with E-state index in [9.17, 15) is 0 Å². The summed E-state index contributed by atoms with van der Waals surface area (Å²) in [6.45, 7) is 7.19. The van der Waals surface area contributed by atoms with E-state index in [0.29, 0.717) is 12.0 Å². The van der Waals surface area contributed by atoms with E-state index < -0.39 is 0 Å². The summed E-state index contributed by atoms with van der Waals surface area (Å²) in [5.41, 5.74) is 0.523. The maximum Gasteiger partial charge on any atom is 0.0431 e. The van der Waals surface area contributed by atoms with Crippen LogP contribution in [0.4, 0.5) is 0 Å². The van der Waals surface area contributed by atoms with E-state index in [1.54, 1.807) is 0 Å². The number of hydrogen-bond acceptors (Lipinski definition) is 1. The lowest BCUT2D eigenvalue weighted by atomic mass is 9.80. The zero-order valence-electron chi connectivity index (χ0n) is 8.19. The maximum atomic E-state index is 8.61. The molecule has 0 aromatic rings. The largest absolute Gasteiger partial charge is 0.396 e. The molecule has 0 aromatic carbocycles. The number of unbranched alkanes of at least 4 members (excludes halogenated alkanes) is 1. The van der Waals surface area contributed by atoms with Crippen molar-refractivity contribution in [1.82, 2.24) is 0 Å². The van der Waals surface area contributed by atoms with Crippen molar-refractivity contribution in [1.29, 1.82) is 0 Å². The first-order valence-electron chi connectivity index (χ1n) is 4.79. The molecule has 0 rings (SSSR count). The molecule has 0 aliphatic carbocycles. The molecule has 1 nitrogen and oxygen atoms in total. The molecule has 0 radical (unpaired) electrons. The third-order valence-electron chi connectivity index (χ3n) is 2.90. The van der Waals surface area contributed by atoms with E-state index in [1.807, 2.05) is 0 Å². The molecule has 0 aliphatic rings. The number of aliphatic hydroxyl groups excluding tert-OH is 1. The predicted octanol–water partition coefficient (Wildman–Crippen LogP) is 2.98. The summed E-state index contributed by atoms with van der Waals surface area (Å²) in [5, 5.41) is 8.61. The fourth-order valence-corrected chi connectivity index (χ4v) is 1.27. The third-order valence-corrected chi connectivity index (χ3v) is 2.90. The second-order valence-corrected chi connectivity index (χ2v) is 3.70. The third kappa shape index (κ3) is 4.41. The summed E-state index contributed by atoms with van der Waals surface area (Å²) in [4.78, 5) is 0. The first-order chi connectivity index (χ1) is 5.18. The van der Waals surface area contributed by atoms with E-state index in [0.717, 1.165) is 6.42 Å². The van der Waals surface area contributed by atoms with Gasteiger partial charge in [0.15, 0.2) is 0 Å². The lowest BCUT2D eigenvalue weighted by molar-refractivity contribution is 0.236. The highest BCUT2D eigenvalue weighted by molar-refractivity contribution is 4.70. The van der Waals surface area contributed by atoms with Crippen molar-refractivity contribution in [3.63, 3.8) is 0 Å². The molecule has 0 aromatic heterocycles. The lowest BCUT2D eigenvalue weighted by Gasteiger charge is -2.26. The fourth-order valence-electron chi connectivity index (χ4n) is 1.27. The average Bonchev–Trinajstić information content (AvgIpc) is 2.05. The predicted molar refractivity (Wildman–Crippen MR) is 49.6 cm³/mol. The van der Waals surface area contributed by atoms with Crippen molar-refractivity contribution in [2.24, 2.45) is 5.41 Å². The van der Waals surface area contributed by atoms with Crippen LogP contribution in [0.5, 0.6) is 0 Å². The first-order valence-corrected chi connectivity index (χ1v) is 4.79. The van der Waals surface area contributed by atoms with Crippen molar-refractivity contribution in [3.8, 4) is 0 Å². The Kier molecular flexibility index (Phi) is 5.57. The van der Waals surface area contributed by atoms with Gasteiger partial charge in [-0.25, -0.2) is 0 Å². The Balaban J connectivity index is 3.51. The minimum Gasteiger partial charge on any atom is -0.396 e. The van der Waals surface area contributed by atoms with Crippen LogP contribution in [0.2, 0.25) is 0 Å². The van der Waals surface area contributed by atoms with Gasteiger partial charge < -0.3 is 5.11 Å². The van der Waals surface area contributed by atoms with Crippen LogP contribution in [0, 0.1) is 5.41 Å². The minimum atomic E-state index is 0.351. The first kappa shape index (κ1) is 11.0. The van der Waals surface area contributed by atoms with Gasteiger partial charge in [-0.2, -0.15) is 0 Å². The second kappa shape index (κ2) is 5.59. The van der Waals surface area contributed by atoms with Crippen LogP contribution in [0.1, 0.15) is 52.9 Å². The van der Waals surface area contributed by atoms with Crippen molar-refractivity contribution in [2.45, 2.75) is 52.9 Å². The Hall–Kier alpha value is -0.0400. The highest BCUT2D eigenvalue weighted by atomic mass is 16.2. The highest BCUT2D eigenvalue weighted by Gasteiger charge is 2.17. The van der Waals surface area contributed by atoms with Gasteiger partial charge in [0.05, 0.1) is 0 Å². The minimum absolute atomic E-state index is 0.351. The van der Waals surface area contributed by atoms with E-state index >= 15 is 0 Å². The molecule has 0 fully saturated rings. The van der Waals surface area contributed by atoms with Crippen LogP contribution in [-0.2, 0) is 0 Å². The fraction of sp³-hybridized carbons (Fsp3) is 1.00. The van der Waals surface area contributed by atoms with Crippen LogP contribution in [-0.4, -0.2) is 11.7 Å². The van der Waals surface area contributed by atoms with Gasteiger partial charge in [0, 0.05) is 6.61 Å². The number of hydrogen-bond donors (Lipinski definition) is 1. The molecule has 0 heterocycles. The second-order valence-electron chi connectivity index (χ2n) is 3.70. The molecule has 68 valence electrons. The number of aliphatic hydroxyl groups is 1. The van der Waals surface area contributed by atoms with Crippen LogP contribution < -0.4 is 0 Å². The number of rotatable bonds is 6. The van der Waals surface area contributed by atoms with E-state index in [4.69, 9.17) is 5.11 Å². The molecular weight excluding hydrogens is 136 g/mol. The highest BCUT2D eigenvalue weighted by Crippen LogP contribution is 2.31. The summed E-state index contributed by atoms with van der Waals surface area (Å²) < 4.78 is 0. The molecule has 0 atom stereocenters. The molecule has 0 saturated carbocycles. The zero-order valence-corrected chi connectivity index (χ0v) is 8.19. The van der Waals surface area contributed by atoms with Crippen LogP contribution >= 0.6 is 0 Å². The normalized spacial score (nSPS) is 12.0. The van der Waals surface area contributed by atoms with Crippen molar-refractivity contribution in [3.05, 3.63) is 0 Å². The van der Waals surface area contributed by atoms with Gasteiger partial charge in [0.25, 0.3) is 0 Å². The van der Waals surface area contributed by atoms with Crippen molar-refractivity contribution in [2.75, 3.05) is 6.61 Å². The summed E-state index contributed by atoms with van der Waals surface area (Å²) in [6, 6.07) is 0. The molecule has 0 aliphatic heterocycles. The summed E-state index contributed by atoms with van der Waals surface area (Å²) in [6.07, 6.45) is 5.93. The van der Waals surface area contributed by atoms with Gasteiger partial charge in [-0.3, -0.25) is 0 Å². The summed E-state index contributed by atoms with van der Waals surface area (Å²) in [7, 11) is 0. The molecule has 0 spiro atoms. The van der Waals surface area contributed by atoms with Crippen LogP contribution in [0.25, 0.3) is 0 Å². The quantitative estimate of drug-likeness (QED) is 0.589. The van der Waals surface area contributed by atoms with Crippen molar-refractivity contribution >= 4 is 0 Å². The maximum absolute atomic E-state index is 8.61. The molecular formula is C10H22O. The monoisotopic (exact) mass is 158 g/mol. The van der Waals surface area contributed by atoms with Crippen molar-refractivity contribution < 1.29 is 5.11 Å². The lowest BCUT2D eigenvalue weighted by Crippen LogP contribution is -2.13. The van der Waals surface area contributed by atoms with E-state index in [2.05, 4.69) is 20.8 Å². The summed E-state index contributed by atoms with van der Waals surface area (Å²) in [5.74, 6) is 0. The van der Waals surface area contributed by atoms with Crippen LogP contribution in [0.15, 0.2) is 0 Å².